The number of benzene rings is 1. The number of rotatable bonds is 4. The smallest absolute Gasteiger partial charge is 0.254 e. The van der Waals surface area contributed by atoms with Crippen LogP contribution in [0.4, 0.5) is 5.69 Å². The van der Waals surface area contributed by atoms with Crippen LogP contribution in [0.5, 0.6) is 0 Å². The van der Waals surface area contributed by atoms with Crippen molar-refractivity contribution in [2.75, 3.05) is 32.2 Å². The molecular formula is C15H23N3O2. The van der Waals surface area contributed by atoms with E-state index in [0.717, 1.165) is 49.4 Å². The van der Waals surface area contributed by atoms with E-state index in [2.05, 4.69) is 5.43 Å². The molecule has 5 heteroatoms. The minimum absolute atomic E-state index is 0.113. The Kier molecular flexibility index (Phi) is 4.98. The van der Waals surface area contributed by atoms with Gasteiger partial charge in [-0.2, -0.15) is 0 Å². The molecule has 0 aromatic heterocycles. The van der Waals surface area contributed by atoms with Crippen molar-refractivity contribution >= 4 is 11.6 Å². The predicted octanol–water partition coefficient (Wildman–Crippen LogP) is 1.78. The molecule has 5 nitrogen and oxygen atoms in total. The molecule has 2 rings (SSSR count). The molecule has 1 amide bonds. The number of methoxy groups -OCH3 is 1. The second-order valence-corrected chi connectivity index (χ2v) is 5.36. The Labute approximate surface area is 120 Å². The zero-order valence-corrected chi connectivity index (χ0v) is 12.2. The fraction of sp³-hybridized carbons (Fsp3) is 0.533. The maximum absolute atomic E-state index is 12.5. The summed E-state index contributed by atoms with van der Waals surface area (Å²) in [5.41, 5.74) is 5.12. The Bertz CT molecular complexity index is 468. The molecule has 1 saturated heterocycles. The molecule has 3 N–H and O–H groups in total. The Hall–Kier alpha value is -1.59. The van der Waals surface area contributed by atoms with E-state index in [1.54, 1.807) is 7.11 Å². The van der Waals surface area contributed by atoms with Gasteiger partial charge in [-0.1, -0.05) is 0 Å². The number of hydrazine groups is 1. The van der Waals surface area contributed by atoms with Crippen LogP contribution in [0, 0.1) is 12.8 Å². The average Bonchev–Trinajstić information content (AvgIpc) is 2.47. The van der Waals surface area contributed by atoms with Gasteiger partial charge in [0.1, 0.15) is 0 Å². The van der Waals surface area contributed by atoms with E-state index in [1.807, 2.05) is 30.0 Å². The number of hydrogen-bond acceptors (Lipinski definition) is 4. The highest BCUT2D eigenvalue weighted by atomic mass is 16.5. The van der Waals surface area contributed by atoms with Crippen molar-refractivity contribution in [2.45, 2.75) is 19.8 Å². The number of hydrogen-bond donors (Lipinski definition) is 2. The Morgan fingerprint density at radius 3 is 2.70 bits per heavy atom. The molecule has 0 radical (unpaired) electrons. The van der Waals surface area contributed by atoms with Crippen molar-refractivity contribution in [3.63, 3.8) is 0 Å². The van der Waals surface area contributed by atoms with Crippen molar-refractivity contribution in [1.29, 1.82) is 0 Å². The third-order valence-corrected chi connectivity index (χ3v) is 3.93. The standard InChI is InChI=1S/C15H23N3O2/c1-11-9-13(17-16)3-4-14(11)15(19)18-7-5-12(6-8-18)10-20-2/h3-4,9,12,17H,5-8,10,16H2,1-2H3. The third kappa shape index (κ3) is 3.29. The van der Waals surface area contributed by atoms with E-state index < -0.39 is 0 Å². The second kappa shape index (κ2) is 6.72. The average molecular weight is 277 g/mol. The first-order chi connectivity index (χ1) is 9.65. The number of amides is 1. The van der Waals surface area contributed by atoms with Crippen molar-refractivity contribution in [3.05, 3.63) is 29.3 Å². The molecule has 110 valence electrons. The lowest BCUT2D eigenvalue weighted by Crippen LogP contribution is -2.39. The third-order valence-electron chi connectivity index (χ3n) is 3.93. The number of carbonyl (C=O) groups is 1. The quantitative estimate of drug-likeness (QED) is 0.650. The van der Waals surface area contributed by atoms with Gasteiger partial charge in [0.2, 0.25) is 0 Å². The number of carbonyl (C=O) groups excluding carboxylic acids is 1. The minimum atomic E-state index is 0.113. The largest absolute Gasteiger partial charge is 0.384 e. The van der Waals surface area contributed by atoms with E-state index in [1.165, 1.54) is 0 Å². The molecule has 0 atom stereocenters. The number of anilines is 1. The highest BCUT2D eigenvalue weighted by Gasteiger charge is 2.24. The summed E-state index contributed by atoms with van der Waals surface area (Å²) >= 11 is 0. The van der Waals surface area contributed by atoms with Crippen molar-refractivity contribution in [2.24, 2.45) is 11.8 Å². The molecule has 1 aliphatic rings. The number of piperidine rings is 1. The molecule has 1 aliphatic heterocycles. The lowest BCUT2D eigenvalue weighted by molar-refractivity contribution is 0.0613. The van der Waals surface area contributed by atoms with Crippen LogP contribution < -0.4 is 11.3 Å². The van der Waals surface area contributed by atoms with E-state index in [-0.39, 0.29) is 5.91 Å². The number of nitrogens with two attached hydrogens (primary N) is 1. The molecule has 0 bridgehead atoms. The van der Waals surface area contributed by atoms with Gasteiger partial charge in [0.25, 0.3) is 5.91 Å². The normalized spacial score (nSPS) is 16.2. The van der Waals surface area contributed by atoms with Crippen LogP contribution in [-0.4, -0.2) is 37.6 Å². The maximum atomic E-state index is 12.5. The van der Waals surface area contributed by atoms with Crippen LogP contribution in [0.2, 0.25) is 0 Å². The Morgan fingerprint density at radius 1 is 1.45 bits per heavy atom. The van der Waals surface area contributed by atoms with Gasteiger partial charge in [0.15, 0.2) is 0 Å². The van der Waals surface area contributed by atoms with Crippen LogP contribution >= 0.6 is 0 Å². The maximum Gasteiger partial charge on any atom is 0.254 e. The molecule has 20 heavy (non-hydrogen) atoms. The molecule has 1 heterocycles. The SMILES string of the molecule is COCC1CCN(C(=O)c2ccc(NN)cc2C)CC1. The summed E-state index contributed by atoms with van der Waals surface area (Å²) in [5.74, 6) is 6.06. The van der Waals surface area contributed by atoms with Gasteiger partial charge in [-0.15, -0.1) is 0 Å². The highest BCUT2D eigenvalue weighted by molar-refractivity contribution is 5.96. The van der Waals surface area contributed by atoms with Gasteiger partial charge < -0.3 is 15.1 Å². The fourth-order valence-corrected chi connectivity index (χ4v) is 2.70. The van der Waals surface area contributed by atoms with Gasteiger partial charge in [0.05, 0.1) is 0 Å². The Morgan fingerprint density at radius 2 is 2.15 bits per heavy atom. The highest BCUT2D eigenvalue weighted by Crippen LogP contribution is 2.21. The van der Waals surface area contributed by atoms with Crippen LogP contribution in [-0.2, 0) is 4.74 Å². The lowest BCUT2D eigenvalue weighted by Gasteiger charge is -2.32. The Balaban J connectivity index is 2.02. The van der Waals surface area contributed by atoms with Crippen LogP contribution in [0.25, 0.3) is 0 Å². The fourth-order valence-electron chi connectivity index (χ4n) is 2.70. The summed E-state index contributed by atoms with van der Waals surface area (Å²) < 4.78 is 5.18. The van der Waals surface area contributed by atoms with Crippen molar-refractivity contribution in [1.82, 2.24) is 4.90 Å². The molecule has 1 aromatic rings. The second-order valence-electron chi connectivity index (χ2n) is 5.36. The molecule has 0 spiro atoms. The van der Waals surface area contributed by atoms with Crippen LogP contribution in [0.1, 0.15) is 28.8 Å². The molecule has 0 unspecified atom stereocenters. The van der Waals surface area contributed by atoms with E-state index >= 15 is 0 Å². The van der Waals surface area contributed by atoms with Gasteiger partial charge in [-0.3, -0.25) is 10.6 Å². The zero-order valence-electron chi connectivity index (χ0n) is 12.2. The van der Waals surface area contributed by atoms with Gasteiger partial charge in [-0.25, -0.2) is 0 Å². The summed E-state index contributed by atoms with van der Waals surface area (Å²) in [6.07, 6.45) is 2.03. The number of nitrogens with zero attached hydrogens (tertiary/aromatic N) is 1. The van der Waals surface area contributed by atoms with E-state index in [9.17, 15) is 4.79 Å². The van der Waals surface area contributed by atoms with E-state index in [0.29, 0.717) is 5.92 Å². The minimum Gasteiger partial charge on any atom is -0.384 e. The summed E-state index contributed by atoms with van der Waals surface area (Å²) in [4.78, 5) is 14.5. The number of nitrogens with one attached hydrogen (secondary N) is 1. The first kappa shape index (κ1) is 14.8. The predicted molar refractivity (Wildman–Crippen MR) is 79.5 cm³/mol. The molecule has 0 saturated carbocycles. The van der Waals surface area contributed by atoms with Gasteiger partial charge in [0, 0.05) is 38.1 Å². The van der Waals surface area contributed by atoms with Gasteiger partial charge >= 0.3 is 0 Å². The summed E-state index contributed by atoms with van der Waals surface area (Å²) in [7, 11) is 1.73. The lowest BCUT2D eigenvalue weighted by atomic mass is 9.96. The van der Waals surface area contributed by atoms with Crippen molar-refractivity contribution in [3.8, 4) is 0 Å². The first-order valence-corrected chi connectivity index (χ1v) is 7.01. The van der Waals surface area contributed by atoms with Gasteiger partial charge in [-0.05, 0) is 49.4 Å². The van der Waals surface area contributed by atoms with Crippen LogP contribution in [0.3, 0.4) is 0 Å². The first-order valence-electron chi connectivity index (χ1n) is 7.01. The topological polar surface area (TPSA) is 67.6 Å². The number of aryl methyl sites for hydroxylation is 1. The number of ether oxygens (including phenoxy) is 1. The molecule has 1 aromatic carbocycles. The zero-order chi connectivity index (χ0) is 14.5. The van der Waals surface area contributed by atoms with Crippen LogP contribution in [0.15, 0.2) is 18.2 Å². The molecular weight excluding hydrogens is 254 g/mol. The number of likely N-dealkylation sites (tertiary alicyclic amines) is 1. The monoisotopic (exact) mass is 277 g/mol. The van der Waals surface area contributed by atoms with E-state index in [4.69, 9.17) is 10.6 Å². The summed E-state index contributed by atoms with van der Waals surface area (Å²) in [5, 5.41) is 0. The summed E-state index contributed by atoms with van der Waals surface area (Å²) in [6.45, 7) is 4.34. The molecule has 1 fully saturated rings. The summed E-state index contributed by atoms with van der Waals surface area (Å²) in [6, 6.07) is 5.57. The number of nitrogen functional groups attached to an aromatic ring is 1. The van der Waals surface area contributed by atoms with Crippen molar-refractivity contribution < 1.29 is 9.53 Å². The molecule has 0 aliphatic carbocycles.